The molecule has 0 radical (unpaired) electrons. The maximum absolute atomic E-state index is 13.1. The van der Waals surface area contributed by atoms with E-state index in [1.807, 2.05) is 0 Å². The summed E-state index contributed by atoms with van der Waals surface area (Å²) in [6.07, 6.45) is 0.857. The third-order valence-corrected chi connectivity index (χ3v) is 2.46. The third-order valence-electron chi connectivity index (χ3n) is 2.46. The zero-order chi connectivity index (χ0) is 15.1. The Kier molecular flexibility index (Phi) is 5.57. The van der Waals surface area contributed by atoms with Crippen LogP contribution < -0.4 is 5.32 Å². The normalized spacial score (nSPS) is 10.1. The minimum absolute atomic E-state index is 0.00130. The fourth-order valence-electron chi connectivity index (χ4n) is 1.52. The maximum Gasteiger partial charge on any atom is 0.303 e. The maximum atomic E-state index is 13.1. The molecule has 0 aliphatic rings. The largest absolute Gasteiger partial charge is 0.481 e. The molecule has 0 saturated carbocycles. The number of carboxylic acids is 1. The van der Waals surface area contributed by atoms with E-state index in [0.29, 0.717) is 12.8 Å². The number of carbonyl (C=O) groups is 2. The van der Waals surface area contributed by atoms with Crippen LogP contribution in [0.1, 0.15) is 29.6 Å². The van der Waals surface area contributed by atoms with E-state index in [4.69, 9.17) is 5.11 Å². The topological polar surface area (TPSA) is 110 Å². The van der Waals surface area contributed by atoms with Crippen molar-refractivity contribution in [2.75, 3.05) is 6.54 Å². The van der Waals surface area contributed by atoms with E-state index in [9.17, 15) is 24.1 Å². The highest BCUT2D eigenvalue weighted by Crippen LogP contribution is 2.16. The first kappa shape index (κ1) is 15.5. The molecule has 20 heavy (non-hydrogen) atoms. The quantitative estimate of drug-likeness (QED) is 0.450. The highest BCUT2D eigenvalue weighted by atomic mass is 19.1. The van der Waals surface area contributed by atoms with Crippen molar-refractivity contribution in [1.82, 2.24) is 5.32 Å². The average molecular weight is 284 g/mol. The molecule has 0 spiro atoms. The molecule has 0 saturated heterocycles. The summed E-state index contributed by atoms with van der Waals surface area (Å²) in [7, 11) is 0. The summed E-state index contributed by atoms with van der Waals surface area (Å²) >= 11 is 0. The third kappa shape index (κ3) is 5.01. The highest BCUT2D eigenvalue weighted by Gasteiger charge is 2.14. The van der Waals surface area contributed by atoms with Gasteiger partial charge >= 0.3 is 5.97 Å². The Morgan fingerprint density at radius 3 is 2.60 bits per heavy atom. The lowest BCUT2D eigenvalue weighted by molar-refractivity contribution is -0.385. The van der Waals surface area contributed by atoms with E-state index < -0.39 is 28.3 Å². The van der Waals surface area contributed by atoms with E-state index in [0.717, 1.165) is 18.2 Å². The predicted octanol–water partition coefficient (Wildman–Crippen LogP) is 1.72. The molecular formula is C12H13FN2O5. The van der Waals surface area contributed by atoms with Gasteiger partial charge in [-0.15, -0.1) is 0 Å². The second-order valence-corrected chi connectivity index (χ2v) is 4.06. The van der Waals surface area contributed by atoms with Gasteiger partial charge in [0.05, 0.1) is 11.0 Å². The zero-order valence-electron chi connectivity index (χ0n) is 10.5. The van der Waals surface area contributed by atoms with E-state index in [1.165, 1.54) is 0 Å². The van der Waals surface area contributed by atoms with E-state index in [1.54, 1.807) is 0 Å². The van der Waals surface area contributed by atoms with Crippen LogP contribution >= 0.6 is 0 Å². The highest BCUT2D eigenvalue weighted by molar-refractivity contribution is 5.94. The molecule has 0 atom stereocenters. The standard InChI is InChI=1S/C12H13FN2O5/c13-9-5-8(6-10(7-9)15(19)20)12(18)14-4-2-1-3-11(16)17/h5-7H,1-4H2,(H,14,18)(H,16,17). The first-order chi connectivity index (χ1) is 9.40. The van der Waals surface area contributed by atoms with Gasteiger partial charge in [-0.05, 0) is 18.9 Å². The van der Waals surface area contributed by atoms with Gasteiger partial charge in [-0.25, -0.2) is 4.39 Å². The van der Waals surface area contributed by atoms with Gasteiger partial charge in [0.1, 0.15) is 5.82 Å². The second-order valence-electron chi connectivity index (χ2n) is 4.06. The summed E-state index contributed by atoms with van der Waals surface area (Å²) in [5.41, 5.74) is -0.643. The summed E-state index contributed by atoms with van der Waals surface area (Å²) < 4.78 is 13.1. The number of benzene rings is 1. The van der Waals surface area contributed by atoms with Crippen LogP contribution in [0.2, 0.25) is 0 Å². The Hall–Kier alpha value is -2.51. The van der Waals surface area contributed by atoms with E-state index >= 15 is 0 Å². The molecule has 108 valence electrons. The molecule has 0 heterocycles. The van der Waals surface area contributed by atoms with Gasteiger partial charge in [-0.3, -0.25) is 19.7 Å². The summed E-state index contributed by atoms with van der Waals surface area (Å²) in [6, 6.07) is 2.61. The van der Waals surface area contributed by atoms with Crippen LogP contribution in [-0.2, 0) is 4.79 Å². The van der Waals surface area contributed by atoms with Gasteiger partial charge in [0.25, 0.3) is 11.6 Å². The van der Waals surface area contributed by atoms with Gasteiger partial charge in [0.15, 0.2) is 0 Å². The number of amides is 1. The number of nitrogens with zero attached hydrogens (tertiary/aromatic N) is 1. The molecule has 0 aromatic heterocycles. The Bertz CT molecular complexity index is 533. The van der Waals surface area contributed by atoms with Crippen LogP contribution in [-0.4, -0.2) is 28.5 Å². The second kappa shape index (κ2) is 7.17. The number of aliphatic carboxylic acids is 1. The summed E-state index contributed by atoms with van der Waals surface area (Å²) in [5.74, 6) is -2.42. The molecule has 0 aliphatic heterocycles. The smallest absolute Gasteiger partial charge is 0.303 e. The molecule has 0 fully saturated rings. The molecule has 0 aliphatic carbocycles. The van der Waals surface area contributed by atoms with Crippen molar-refractivity contribution < 1.29 is 24.0 Å². The number of carboxylic acid groups (broad SMARTS) is 1. The Balaban J connectivity index is 2.55. The van der Waals surface area contributed by atoms with Gasteiger partial charge in [-0.2, -0.15) is 0 Å². The molecule has 2 N–H and O–H groups in total. The average Bonchev–Trinajstić information content (AvgIpc) is 2.36. The number of halogens is 1. The minimum Gasteiger partial charge on any atom is -0.481 e. The fraction of sp³-hybridized carbons (Fsp3) is 0.333. The van der Waals surface area contributed by atoms with Crippen LogP contribution in [0.5, 0.6) is 0 Å². The molecule has 8 heteroatoms. The monoisotopic (exact) mass is 284 g/mol. The zero-order valence-corrected chi connectivity index (χ0v) is 10.5. The summed E-state index contributed by atoms with van der Waals surface area (Å²) in [6.45, 7) is 0.219. The molecule has 0 unspecified atom stereocenters. The van der Waals surface area contributed by atoms with Crippen molar-refractivity contribution in [2.24, 2.45) is 0 Å². The van der Waals surface area contributed by atoms with E-state index in [2.05, 4.69) is 5.32 Å². The molecule has 1 aromatic carbocycles. The first-order valence-electron chi connectivity index (χ1n) is 5.85. The molecule has 1 aromatic rings. The van der Waals surface area contributed by atoms with E-state index in [-0.39, 0.29) is 18.5 Å². The van der Waals surface area contributed by atoms with Gasteiger partial charge in [-0.1, -0.05) is 0 Å². The number of non-ortho nitro benzene ring substituents is 1. The number of unbranched alkanes of at least 4 members (excludes halogenated alkanes) is 1. The van der Waals surface area contributed by atoms with Crippen LogP contribution in [0.4, 0.5) is 10.1 Å². The number of rotatable bonds is 7. The lowest BCUT2D eigenvalue weighted by atomic mass is 10.1. The first-order valence-corrected chi connectivity index (χ1v) is 5.85. The molecule has 1 amide bonds. The SMILES string of the molecule is O=C(O)CCCCNC(=O)c1cc(F)cc([N+](=O)[O-])c1. The van der Waals surface area contributed by atoms with Crippen LogP contribution in [0, 0.1) is 15.9 Å². The van der Waals surface area contributed by atoms with Crippen LogP contribution in [0.15, 0.2) is 18.2 Å². The Morgan fingerprint density at radius 1 is 1.30 bits per heavy atom. The molecular weight excluding hydrogens is 271 g/mol. The van der Waals surface area contributed by atoms with Crippen LogP contribution in [0.25, 0.3) is 0 Å². The lowest BCUT2D eigenvalue weighted by Gasteiger charge is -2.05. The van der Waals surface area contributed by atoms with Crippen molar-refractivity contribution in [2.45, 2.75) is 19.3 Å². The summed E-state index contributed by atoms with van der Waals surface area (Å²) in [5, 5.41) is 21.4. The molecule has 0 bridgehead atoms. The Morgan fingerprint density at radius 2 is 2.00 bits per heavy atom. The number of nitrogens with one attached hydrogen (secondary N) is 1. The van der Waals surface area contributed by atoms with Crippen molar-refractivity contribution in [3.63, 3.8) is 0 Å². The summed E-state index contributed by atoms with van der Waals surface area (Å²) in [4.78, 5) is 31.7. The van der Waals surface area contributed by atoms with Crippen LogP contribution in [0.3, 0.4) is 0 Å². The predicted molar refractivity (Wildman–Crippen MR) is 66.9 cm³/mol. The van der Waals surface area contributed by atoms with Crippen molar-refractivity contribution in [1.29, 1.82) is 0 Å². The van der Waals surface area contributed by atoms with Crippen molar-refractivity contribution in [3.05, 3.63) is 39.7 Å². The van der Waals surface area contributed by atoms with Gasteiger partial charge < -0.3 is 10.4 Å². The molecule has 1 rings (SSSR count). The molecule has 7 nitrogen and oxygen atoms in total. The number of hydrogen-bond acceptors (Lipinski definition) is 4. The fourth-order valence-corrected chi connectivity index (χ4v) is 1.52. The number of hydrogen-bond donors (Lipinski definition) is 2. The minimum atomic E-state index is -0.919. The number of nitro groups is 1. The van der Waals surface area contributed by atoms with Crippen molar-refractivity contribution >= 4 is 17.6 Å². The number of carbonyl (C=O) groups excluding carboxylic acids is 1. The number of nitro benzene ring substituents is 1. The van der Waals surface area contributed by atoms with Crippen molar-refractivity contribution in [3.8, 4) is 0 Å². The van der Waals surface area contributed by atoms with Gasteiger partial charge in [0, 0.05) is 24.6 Å². The lowest BCUT2D eigenvalue weighted by Crippen LogP contribution is -2.24. The van der Waals surface area contributed by atoms with Gasteiger partial charge in [0.2, 0.25) is 0 Å². The Labute approximate surface area is 113 Å².